The van der Waals surface area contributed by atoms with Crippen LogP contribution in [0.15, 0.2) is 17.2 Å². The third kappa shape index (κ3) is 3.85. The number of methoxy groups -OCH3 is 1. The Hall–Kier alpha value is -0.890. The number of hydrogen-bond donors (Lipinski definition) is 2. The fraction of sp³-hybridized carbons (Fsp3) is 0.714. The average Bonchev–Trinajstić information content (AvgIpc) is 2.78. The molecule has 0 aliphatic heterocycles. The molecular weight excluding hydrogens is 290 g/mol. The van der Waals surface area contributed by atoms with E-state index in [1.807, 2.05) is 11.6 Å². The molecule has 1 heterocycles. The summed E-state index contributed by atoms with van der Waals surface area (Å²) in [5, 5.41) is 3.07. The molecule has 120 valence electrons. The molecule has 1 saturated carbocycles. The maximum atomic E-state index is 12.4. The van der Waals surface area contributed by atoms with Crippen molar-refractivity contribution >= 4 is 10.0 Å². The van der Waals surface area contributed by atoms with Gasteiger partial charge < -0.3 is 14.6 Å². The smallest absolute Gasteiger partial charge is 0.242 e. The third-order valence-corrected chi connectivity index (χ3v) is 5.33. The summed E-state index contributed by atoms with van der Waals surface area (Å²) in [6.45, 7) is 3.56. The number of aryl methyl sites for hydroxylation is 1. The normalized spacial score (nSPS) is 22.2. The van der Waals surface area contributed by atoms with Crippen molar-refractivity contribution in [3.05, 3.63) is 18.0 Å². The molecule has 1 aromatic heterocycles. The number of sulfonamides is 1. The molecule has 0 amide bonds. The molecule has 21 heavy (non-hydrogen) atoms. The zero-order valence-electron chi connectivity index (χ0n) is 12.9. The summed E-state index contributed by atoms with van der Waals surface area (Å²) in [4.78, 5) is 0.349. The summed E-state index contributed by atoms with van der Waals surface area (Å²) >= 11 is 0. The summed E-state index contributed by atoms with van der Waals surface area (Å²) in [6.07, 6.45) is 4.37. The summed E-state index contributed by atoms with van der Waals surface area (Å²) in [5.74, 6) is 0. The van der Waals surface area contributed by atoms with Gasteiger partial charge in [0.15, 0.2) is 0 Å². The largest absolute Gasteiger partial charge is 0.381 e. The summed E-state index contributed by atoms with van der Waals surface area (Å²) in [5.41, 5.74) is 0.989. The molecule has 1 fully saturated rings. The molecule has 1 aromatic rings. The van der Waals surface area contributed by atoms with Crippen molar-refractivity contribution in [3.63, 3.8) is 0 Å². The Morgan fingerprint density at radius 1 is 1.43 bits per heavy atom. The predicted octanol–water partition coefficient (Wildman–Crippen LogP) is 1.07. The lowest BCUT2D eigenvalue weighted by Gasteiger charge is -2.34. The Morgan fingerprint density at radius 3 is 2.71 bits per heavy atom. The average molecular weight is 315 g/mol. The number of rotatable bonds is 8. The fourth-order valence-electron chi connectivity index (χ4n) is 2.59. The van der Waals surface area contributed by atoms with Crippen molar-refractivity contribution in [2.75, 3.05) is 14.2 Å². The lowest BCUT2D eigenvalue weighted by Crippen LogP contribution is -2.47. The molecule has 0 saturated heterocycles. The molecule has 0 bridgehead atoms. The molecule has 0 unspecified atom stereocenters. The number of ether oxygens (including phenoxy) is 1. The van der Waals surface area contributed by atoms with Gasteiger partial charge in [0.1, 0.15) is 0 Å². The van der Waals surface area contributed by atoms with Crippen LogP contribution in [0, 0.1) is 0 Å². The predicted molar refractivity (Wildman–Crippen MR) is 81.6 cm³/mol. The quantitative estimate of drug-likeness (QED) is 0.753. The van der Waals surface area contributed by atoms with Gasteiger partial charge in [0.2, 0.25) is 10.0 Å². The van der Waals surface area contributed by atoms with E-state index in [-0.39, 0.29) is 12.1 Å². The highest BCUT2D eigenvalue weighted by Gasteiger charge is 2.33. The third-order valence-electron chi connectivity index (χ3n) is 3.84. The van der Waals surface area contributed by atoms with Crippen LogP contribution in [-0.4, -0.2) is 39.3 Å². The van der Waals surface area contributed by atoms with Crippen molar-refractivity contribution < 1.29 is 13.2 Å². The van der Waals surface area contributed by atoms with E-state index >= 15 is 0 Å². The monoisotopic (exact) mass is 315 g/mol. The molecule has 1 aliphatic rings. The second-order valence-corrected chi connectivity index (χ2v) is 7.25. The van der Waals surface area contributed by atoms with Crippen LogP contribution in [0.25, 0.3) is 0 Å². The van der Waals surface area contributed by atoms with Gasteiger partial charge in [0, 0.05) is 38.1 Å². The SMILES string of the molecule is CCCn1cc(S(=O)(=O)NC2CC(OC)C2)cc1CNC. The molecule has 0 spiro atoms. The van der Waals surface area contributed by atoms with Crippen molar-refractivity contribution in [3.8, 4) is 0 Å². The highest BCUT2D eigenvalue weighted by molar-refractivity contribution is 7.89. The van der Waals surface area contributed by atoms with Gasteiger partial charge in [0.25, 0.3) is 0 Å². The molecule has 6 nitrogen and oxygen atoms in total. The molecular formula is C14H25N3O3S. The lowest BCUT2D eigenvalue weighted by molar-refractivity contribution is 0.0236. The van der Waals surface area contributed by atoms with Crippen molar-refractivity contribution in [2.24, 2.45) is 0 Å². The van der Waals surface area contributed by atoms with E-state index in [1.54, 1.807) is 19.4 Å². The molecule has 0 aromatic carbocycles. The maximum absolute atomic E-state index is 12.4. The minimum atomic E-state index is -3.44. The molecule has 2 N–H and O–H groups in total. The van der Waals surface area contributed by atoms with Gasteiger partial charge in [-0.05, 0) is 32.4 Å². The van der Waals surface area contributed by atoms with Crippen molar-refractivity contribution in [2.45, 2.75) is 56.3 Å². The molecule has 7 heteroatoms. The summed E-state index contributed by atoms with van der Waals surface area (Å²) in [7, 11) is 0.0687. The van der Waals surface area contributed by atoms with Crippen LogP contribution in [0.1, 0.15) is 31.9 Å². The Labute approximate surface area is 126 Å². The van der Waals surface area contributed by atoms with Crippen molar-refractivity contribution in [1.82, 2.24) is 14.6 Å². The van der Waals surface area contributed by atoms with Gasteiger partial charge in [-0.3, -0.25) is 0 Å². The summed E-state index contributed by atoms with van der Waals surface area (Å²) in [6, 6.07) is 1.74. The van der Waals surface area contributed by atoms with Crippen LogP contribution < -0.4 is 10.0 Å². The number of hydrogen-bond acceptors (Lipinski definition) is 4. The van der Waals surface area contributed by atoms with Gasteiger partial charge >= 0.3 is 0 Å². The summed E-state index contributed by atoms with van der Waals surface area (Å²) < 4.78 is 34.8. The van der Waals surface area contributed by atoms with Gasteiger partial charge in [0.05, 0.1) is 11.0 Å². The van der Waals surface area contributed by atoms with Crippen LogP contribution in [0.4, 0.5) is 0 Å². The molecule has 0 atom stereocenters. The number of nitrogens with one attached hydrogen (secondary N) is 2. The van der Waals surface area contributed by atoms with Crippen LogP contribution in [-0.2, 0) is 27.8 Å². The van der Waals surface area contributed by atoms with E-state index in [0.717, 1.165) is 31.5 Å². The Kier molecular flexibility index (Phi) is 5.43. The van der Waals surface area contributed by atoms with E-state index in [9.17, 15) is 8.42 Å². The van der Waals surface area contributed by atoms with E-state index in [2.05, 4.69) is 17.0 Å². The first-order chi connectivity index (χ1) is 10.00. The second kappa shape index (κ2) is 6.91. The highest BCUT2D eigenvalue weighted by atomic mass is 32.2. The standard InChI is InChI=1S/C14H25N3O3S/c1-4-5-17-10-14(8-12(17)9-15-2)21(18,19)16-11-6-13(7-11)20-3/h8,10-11,13,15-16H,4-7,9H2,1-3H3. The van der Waals surface area contributed by atoms with Crippen LogP contribution in [0.5, 0.6) is 0 Å². The van der Waals surface area contributed by atoms with E-state index in [1.165, 1.54) is 0 Å². The minimum Gasteiger partial charge on any atom is -0.381 e. The lowest BCUT2D eigenvalue weighted by atomic mass is 9.90. The zero-order chi connectivity index (χ0) is 15.5. The first-order valence-electron chi connectivity index (χ1n) is 7.39. The maximum Gasteiger partial charge on any atom is 0.242 e. The van der Waals surface area contributed by atoms with Crippen LogP contribution in [0.3, 0.4) is 0 Å². The van der Waals surface area contributed by atoms with Gasteiger partial charge in [-0.1, -0.05) is 6.92 Å². The zero-order valence-corrected chi connectivity index (χ0v) is 13.7. The highest BCUT2D eigenvalue weighted by Crippen LogP contribution is 2.25. The minimum absolute atomic E-state index is 0.0118. The van der Waals surface area contributed by atoms with Crippen LogP contribution in [0.2, 0.25) is 0 Å². The number of nitrogens with zero attached hydrogens (tertiary/aromatic N) is 1. The van der Waals surface area contributed by atoms with E-state index < -0.39 is 10.0 Å². The molecule has 1 aliphatic carbocycles. The molecule has 2 rings (SSSR count). The van der Waals surface area contributed by atoms with E-state index in [4.69, 9.17) is 4.74 Å². The topological polar surface area (TPSA) is 72.4 Å². The Balaban J connectivity index is 2.10. The Morgan fingerprint density at radius 2 is 2.14 bits per heavy atom. The first-order valence-corrected chi connectivity index (χ1v) is 8.87. The van der Waals surface area contributed by atoms with Crippen molar-refractivity contribution in [1.29, 1.82) is 0 Å². The van der Waals surface area contributed by atoms with Gasteiger partial charge in [-0.2, -0.15) is 0 Å². The Bertz CT molecular complexity index is 539. The second-order valence-electron chi connectivity index (χ2n) is 5.54. The first kappa shape index (κ1) is 16.5. The van der Waals surface area contributed by atoms with E-state index in [0.29, 0.717) is 11.4 Å². The van der Waals surface area contributed by atoms with Gasteiger partial charge in [-0.15, -0.1) is 0 Å². The van der Waals surface area contributed by atoms with Crippen LogP contribution >= 0.6 is 0 Å². The molecule has 0 radical (unpaired) electrons. The van der Waals surface area contributed by atoms with Gasteiger partial charge in [-0.25, -0.2) is 13.1 Å². The number of aromatic nitrogens is 1. The fourth-order valence-corrected chi connectivity index (χ4v) is 3.92.